The number of benzene rings is 1. The molecule has 1 aromatic rings. The van der Waals surface area contributed by atoms with E-state index in [1.54, 1.807) is 0 Å². The average molecular weight is 248 g/mol. The standard InChI is InChI=1S/C15H18ClN/c1-4-7-12-9-10-14(16)13(8-5-2)15(12)17-11-6-3/h4-6,9-10,17H,1-3,7-8,11H2. The van der Waals surface area contributed by atoms with E-state index >= 15 is 0 Å². The Bertz CT molecular complexity index is 421. The predicted molar refractivity (Wildman–Crippen MR) is 77.9 cm³/mol. The first-order valence-corrected chi connectivity index (χ1v) is 5.99. The van der Waals surface area contributed by atoms with Crippen molar-refractivity contribution in [1.82, 2.24) is 0 Å². The van der Waals surface area contributed by atoms with Gasteiger partial charge in [0, 0.05) is 17.3 Å². The van der Waals surface area contributed by atoms with Crippen LogP contribution < -0.4 is 5.32 Å². The van der Waals surface area contributed by atoms with E-state index in [1.807, 2.05) is 30.4 Å². The van der Waals surface area contributed by atoms with Crippen molar-refractivity contribution in [3.63, 3.8) is 0 Å². The second-order valence-electron chi connectivity index (χ2n) is 3.72. The number of allylic oxidation sites excluding steroid dienone is 2. The largest absolute Gasteiger partial charge is 0.381 e. The predicted octanol–water partition coefficient (Wildman–Crippen LogP) is 4.39. The molecule has 0 atom stereocenters. The Balaban J connectivity index is 3.20. The van der Waals surface area contributed by atoms with Crippen molar-refractivity contribution in [3.8, 4) is 0 Å². The Kier molecular flexibility index (Phi) is 5.58. The quantitative estimate of drug-likeness (QED) is 0.705. The normalized spacial score (nSPS) is 9.71. The van der Waals surface area contributed by atoms with E-state index in [2.05, 4.69) is 25.1 Å². The van der Waals surface area contributed by atoms with Crippen molar-refractivity contribution in [2.75, 3.05) is 11.9 Å². The van der Waals surface area contributed by atoms with Crippen LogP contribution >= 0.6 is 11.6 Å². The summed E-state index contributed by atoms with van der Waals surface area (Å²) in [5, 5.41) is 4.11. The number of rotatable bonds is 7. The molecule has 17 heavy (non-hydrogen) atoms. The van der Waals surface area contributed by atoms with Gasteiger partial charge in [0.15, 0.2) is 0 Å². The number of anilines is 1. The highest BCUT2D eigenvalue weighted by Gasteiger charge is 2.09. The van der Waals surface area contributed by atoms with Gasteiger partial charge in [0.05, 0.1) is 0 Å². The minimum Gasteiger partial charge on any atom is -0.381 e. The van der Waals surface area contributed by atoms with Crippen molar-refractivity contribution in [2.45, 2.75) is 12.8 Å². The molecule has 1 aromatic carbocycles. The van der Waals surface area contributed by atoms with E-state index in [1.165, 1.54) is 5.56 Å². The third-order valence-electron chi connectivity index (χ3n) is 2.48. The van der Waals surface area contributed by atoms with Crippen molar-refractivity contribution in [2.24, 2.45) is 0 Å². The van der Waals surface area contributed by atoms with Gasteiger partial charge in [0.1, 0.15) is 0 Å². The summed E-state index contributed by atoms with van der Waals surface area (Å²) in [6.07, 6.45) is 7.15. The number of hydrogen-bond acceptors (Lipinski definition) is 1. The van der Waals surface area contributed by atoms with Crippen LogP contribution in [0.15, 0.2) is 50.1 Å². The molecule has 0 radical (unpaired) electrons. The molecular weight excluding hydrogens is 230 g/mol. The second kappa shape index (κ2) is 6.97. The topological polar surface area (TPSA) is 12.0 Å². The van der Waals surface area contributed by atoms with Crippen molar-refractivity contribution >= 4 is 17.3 Å². The van der Waals surface area contributed by atoms with Gasteiger partial charge in [-0.05, 0) is 30.0 Å². The molecule has 0 unspecified atom stereocenters. The highest BCUT2D eigenvalue weighted by Crippen LogP contribution is 2.29. The third-order valence-corrected chi connectivity index (χ3v) is 2.83. The Morgan fingerprint density at radius 3 is 2.35 bits per heavy atom. The third kappa shape index (κ3) is 3.50. The summed E-state index contributed by atoms with van der Waals surface area (Å²) in [4.78, 5) is 0. The van der Waals surface area contributed by atoms with Crippen LogP contribution in [0.1, 0.15) is 11.1 Å². The van der Waals surface area contributed by atoms with Crippen LogP contribution in [0.25, 0.3) is 0 Å². The van der Waals surface area contributed by atoms with Crippen LogP contribution in [0.4, 0.5) is 5.69 Å². The molecule has 0 saturated carbocycles. The second-order valence-corrected chi connectivity index (χ2v) is 4.12. The lowest BCUT2D eigenvalue weighted by Crippen LogP contribution is -2.05. The van der Waals surface area contributed by atoms with Crippen LogP contribution in [0.5, 0.6) is 0 Å². The SMILES string of the molecule is C=CCNc1c(CC=C)ccc(Cl)c1CC=C. The van der Waals surface area contributed by atoms with Crippen LogP contribution in [-0.2, 0) is 12.8 Å². The molecule has 1 rings (SSSR count). The summed E-state index contributed by atoms with van der Waals surface area (Å²) in [5.74, 6) is 0. The first kappa shape index (κ1) is 13.6. The fourth-order valence-electron chi connectivity index (χ4n) is 1.73. The minimum absolute atomic E-state index is 0.717. The van der Waals surface area contributed by atoms with Crippen LogP contribution in [-0.4, -0.2) is 6.54 Å². The molecule has 0 fully saturated rings. The summed E-state index contributed by atoms with van der Waals surface area (Å²) in [6, 6.07) is 3.96. The Labute approximate surface area is 109 Å². The maximum atomic E-state index is 6.22. The van der Waals surface area contributed by atoms with Gasteiger partial charge in [-0.2, -0.15) is 0 Å². The molecule has 0 amide bonds. The van der Waals surface area contributed by atoms with Gasteiger partial charge < -0.3 is 5.32 Å². The molecule has 0 aliphatic rings. The number of hydrogen-bond donors (Lipinski definition) is 1. The molecule has 0 saturated heterocycles. The summed E-state index contributed by atoms with van der Waals surface area (Å²) < 4.78 is 0. The minimum atomic E-state index is 0.717. The lowest BCUT2D eigenvalue weighted by molar-refractivity contribution is 1.17. The van der Waals surface area contributed by atoms with Gasteiger partial charge in [-0.3, -0.25) is 0 Å². The smallest absolute Gasteiger partial charge is 0.0461 e. The molecule has 0 heterocycles. The lowest BCUT2D eigenvalue weighted by Gasteiger charge is -2.16. The van der Waals surface area contributed by atoms with Gasteiger partial charge in [-0.15, -0.1) is 19.7 Å². The Morgan fingerprint density at radius 2 is 1.76 bits per heavy atom. The maximum Gasteiger partial charge on any atom is 0.0461 e. The Hall–Kier alpha value is -1.47. The van der Waals surface area contributed by atoms with Gasteiger partial charge in [-0.1, -0.05) is 35.9 Å². The van der Waals surface area contributed by atoms with E-state index in [0.717, 1.165) is 29.1 Å². The maximum absolute atomic E-state index is 6.22. The molecule has 0 spiro atoms. The summed E-state index contributed by atoms with van der Waals surface area (Å²) in [7, 11) is 0. The van der Waals surface area contributed by atoms with E-state index in [9.17, 15) is 0 Å². The van der Waals surface area contributed by atoms with Gasteiger partial charge in [0.25, 0.3) is 0 Å². The molecule has 1 N–H and O–H groups in total. The summed E-state index contributed by atoms with van der Waals surface area (Å²) >= 11 is 6.22. The first-order chi connectivity index (χ1) is 8.24. The van der Waals surface area contributed by atoms with Gasteiger partial charge in [-0.25, -0.2) is 0 Å². The molecule has 1 nitrogen and oxygen atoms in total. The molecule has 90 valence electrons. The number of halogens is 1. The fourth-order valence-corrected chi connectivity index (χ4v) is 1.97. The Morgan fingerprint density at radius 1 is 1.06 bits per heavy atom. The molecule has 0 aromatic heterocycles. The molecule has 0 aliphatic heterocycles. The highest BCUT2D eigenvalue weighted by atomic mass is 35.5. The van der Waals surface area contributed by atoms with Crippen LogP contribution in [0, 0.1) is 0 Å². The van der Waals surface area contributed by atoms with Crippen molar-refractivity contribution in [3.05, 3.63) is 66.2 Å². The number of nitrogens with one attached hydrogen (secondary N) is 1. The lowest BCUT2D eigenvalue weighted by atomic mass is 10.0. The first-order valence-electron chi connectivity index (χ1n) is 5.61. The monoisotopic (exact) mass is 247 g/mol. The van der Waals surface area contributed by atoms with Crippen LogP contribution in [0.3, 0.4) is 0 Å². The summed E-state index contributed by atoms with van der Waals surface area (Å²) in [6.45, 7) is 12.0. The van der Waals surface area contributed by atoms with E-state index < -0.39 is 0 Å². The zero-order valence-corrected chi connectivity index (χ0v) is 10.8. The molecule has 2 heteroatoms. The molecular formula is C15H18ClN. The molecule has 0 bridgehead atoms. The van der Waals surface area contributed by atoms with E-state index in [4.69, 9.17) is 11.6 Å². The zero-order valence-electron chi connectivity index (χ0n) is 10.0. The summed E-state index contributed by atoms with van der Waals surface area (Å²) in [5.41, 5.74) is 3.36. The van der Waals surface area contributed by atoms with E-state index in [-0.39, 0.29) is 0 Å². The zero-order chi connectivity index (χ0) is 12.7. The van der Waals surface area contributed by atoms with Gasteiger partial charge in [0.2, 0.25) is 0 Å². The fraction of sp³-hybridized carbons (Fsp3) is 0.200. The van der Waals surface area contributed by atoms with Crippen molar-refractivity contribution in [1.29, 1.82) is 0 Å². The van der Waals surface area contributed by atoms with Crippen LogP contribution in [0.2, 0.25) is 5.02 Å². The van der Waals surface area contributed by atoms with Gasteiger partial charge >= 0.3 is 0 Å². The van der Waals surface area contributed by atoms with E-state index in [0.29, 0.717) is 6.54 Å². The average Bonchev–Trinajstić information content (AvgIpc) is 2.33. The molecule has 0 aliphatic carbocycles. The van der Waals surface area contributed by atoms with Crippen molar-refractivity contribution < 1.29 is 0 Å². The highest BCUT2D eigenvalue weighted by molar-refractivity contribution is 6.31.